The SMILES string of the molecule is CCN(CC)S(=O)(=O)/N=C(\C)N1CC(OC/C=C/C(=O)O)(c2ccccc2)C(c2ccc(Cl)cc2)=N1. The number of ether oxygens (including phenoxy) is 1. The van der Waals surface area contributed by atoms with E-state index in [0.717, 1.165) is 11.6 Å². The molecule has 3 rings (SSSR count). The van der Waals surface area contributed by atoms with E-state index < -0.39 is 21.8 Å². The van der Waals surface area contributed by atoms with Crippen molar-refractivity contribution in [3.63, 3.8) is 0 Å². The summed E-state index contributed by atoms with van der Waals surface area (Å²) in [6.07, 6.45) is 2.41. The number of amidine groups is 1. The molecule has 1 aliphatic rings. The Morgan fingerprint density at radius 3 is 2.42 bits per heavy atom. The first-order chi connectivity index (χ1) is 17.1. The van der Waals surface area contributed by atoms with Gasteiger partial charge in [0, 0.05) is 29.8 Å². The maximum Gasteiger partial charge on any atom is 0.328 e. The minimum atomic E-state index is -3.90. The van der Waals surface area contributed by atoms with Gasteiger partial charge in [0.25, 0.3) is 0 Å². The molecule has 0 fully saturated rings. The number of nitrogens with zero attached hydrogens (tertiary/aromatic N) is 4. The molecule has 36 heavy (non-hydrogen) atoms. The molecule has 1 atom stereocenters. The molecule has 11 heteroatoms. The number of carboxylic acids is 1. The fourth-order valence-corrected chi connectivity index (χ4v) is 5.22. The van der Waals surface area contributed by atoms with E-state index in [1.807, 2.05) is 30.3 Å². The highest BCUT2D eigenvalue weighted by Gasteiger charge is 2.47. The fraction of sp³-hybridized carbons (Fsp3) is 0.320. The highest BCUT2D eigenvalue weighted by atomic mass is 35.5. The Hall–Kier alpha value is -3.05. The third-order valence-electron chi connectivity index (χ3n) is 5.67. The van der Waals surface area contributed by atoms with E-state index in [1.165, 1.54) is 15.4 Å². The van der Waals surface area contributed by atoms with Crippen LogP contribution in [0, 0.1) is 0 Å². The van der Waals surface area contributed by atoms with E-state index in [2.05, 4.69) is 4.40 Å². The second kappa shape index (κ2) is 11.8. The third-order valence-corrected chi connectivity index (χ3v) is 7.59. The number of aliphatic carboxylic acids is 1. The summed E-state index contributed by atoms with van der Waals surface area (Å²) in [5, 5.41) is 15.8. The van der Waals surface area contributed by atoms with E-state index >= 15 is 0 Å². The van der Waals surface area contributed by atoms with Gasteiger partial charge in [0.15, 0.2) is 5.60 Å². The Bertz CT molecular complexity index is 1260. The van der Waals surface area contributed by atoms with E-state index in [1.54, 1.807) is 45.0 Å². The van der Waals surface area contributed by atoms with E-state index in [0.29, 0.717) is 29.4 Å². The summed E-state index contributed by atoms with van der Waals surface area (Å²) in [5.41, 5.74) is 0.855. The Morgan fingerprint density at radius 2 is 1.83 bits per heavy atom. The first-order valence-corrected chi connectivity index (χ1v) is 13.2. The molecule has 1 aliphatic heterocycles. The minimum absolute atomic E-state index is 0.0183. The van der Waals surface area contributed by atoms with Crippen molar-refractivity contribution in [2.45, 2.75) is 26.4 Å². The smallest absolute Gasteiger partial charge is 0.328 e. The average Bonchev–Trinajstić information content (AvgIpc) is 3.24. The molecule has 0 aliphatic carbocycles. The average molecular weight is 533 g/mol. The van der Waals surface area contributed by atoms with Gasteiger partial charge in [0.05, 0.1) is 13.2 Å². The lowest BCUT2D eigenvalue weighted by Gasteiger charge is -2.31. The number of hydrogen-bond donors (Lipinski definition) is 1. The van der Waals surface area contributed by atoms with Crippen LogP contribution in [0.2, 0.25) is 5.02 Å². The molecule has 0 amide bonds. The lowest BCUT2D eigenvalue weighted by molar-refractivity contribution is -0.131. The van der Waals surface area contributed by atoms with Crippen LogP contribution in [0.25, 0.3) is 0 Å². The number of halogens is 1. The van der Waals surface area contributed by atoms with Crippen LogP contribution in [-0.2, 0) is 25.3 Å². The largest absolute Gasteiger partial charge is 0.478 e. The van der Waals surface area contributed by atoms with Gasteiger partial charge in [-0.3, -0.25) is 0 Å². The summed E-state index contributed by atoms with van der Waals surface area (Å²) in [6.45, 7) is 5.77. The van der Waals surface area contributed by atoms with Crippen LogP contribution < -0.4 is 0 Å². The van der Waals surface area contributed by atoms with Crippen molar-refractivity contribution in [3.05, 3.63) is 82.9 Å². The van der Waals surface area contributed by atoms with Crippen LogP contribution in [0.1, 0.15) is 31.9 Å². The first-order valence-electron chi connectivity index (χ1n) is 11.4. The highest BCUT2D eigenvalue weighted by molar-refractivity contribution is 7.87. The number of rotatable bonds is 10. The first kappa shape index (κ1) is 27.5. The fourth-order valence-electron chi connectivity index (χ4n) is 3.90. The molecule has 1 N–H and O–H groups in total. The molecule has 0 saturated carbocycles. The van der Waals surface area contributed by atoms with Crippen molar-refractivity contribution < 1.29 is 23.1 Å². The number of hydrazone groups is 1. The Morgan fingerprint density at radius 1 is 1.19 bits per heavy atom. The van der Waals surface area contributed by atoms with E-state index in [9.17, 15) is 13.2 Å². The lowest BCUT2D eigenvalue weighted by atomic mass is 9.85. The summed E-state index contributed by atoms with van der Waals surface area (Å²) >= 11 is 6.11. The van der Waals surface area contributed by atoms with Gasteiger partial charge in [-0.2, -0.15) is 17.8 Å². The molecule has 0 saturated heterocycles. The zero-order valence-electron chi connectivity index (χ0n) is 20.3. The van der Waals surface area contributed by atoms with Crippen molar-refractivity contribution in [2.75, 3.05) is 26.2 Å². The van der Waals surface area contributed by atoms with E-state index in [4.69, 9.17) is 26.5 Å². The predicted octanol–water partition coefficient (Wildman–Crippen LogP) is 3.92. The molecule has 0 spiro atoms. The van der Waals surface area contributed by atoms with E-state index in [-0.39, 0.29) is 19.0 Å². The van der Waals surface area contributed by atoms with Crippen molar-refractivity contribution in [1.29, 1.82) is 0 Å². The minimum Gasteiger partial charge on any atom is -0.478 e. The van der Waals surface area contributed by atoms with Crippen molar-refractivity contribution in [3.8, 4) is 0 Å². The summed E-state index contributed by atoms with van der Waals surface area (Å²) in [5.74, 6) is -0.910. The lowest BCUT2D eigenvalue weighted by Crippen LogP contribution is -2.43. The quantitative estimate of drug-likeness (QED) is 0.282. The monoisotopic (exact) mass is 532 g/mol. The van der Waals surface area contributed by atoms with Crippen LogP contribution in [0.4, 0.5) is 0 Å². The zero-order chi connectivity index (χ0) is 26.3. The second-order valence-corrected chi connectivity index (χ2v) is 9.99. The Labute approximate surface area is 216 Å². The maximum absolute atomic E-state index is 12.8. The van der Waals surface area contributed by atoms with Gasteiger partial charge in [0.1, 0.15) is 11.5 Å². The molecular formula is C25H29ClN4O5S. The number of hydrogen-bond acceptors (Lipinski definition) is 5. The molecule has 2 aromatic carbocycles. The summed E-state index contributed by atoms with van der Waals surface area (Å²) in [6, 6.07) is 16.4. The summed E-state index contributed by atoms with van der Waals surface area (Å²) in [7, 11) is -3.90. The van der Waals surface area contributed by atoms with Crippen LogP contribution in [0.3, 0.4) is 0 Å². The van der Waals surface area contributed by atoms with Gasteiger partial charge in [-0.25, -0.2) is 9.80 Å². The van der Waals surface area contributed by atoms with Crippen LogP contribution in [0.5, 0.6) is 0 Å². The van der Waals surface area contributed by atoms with Gasteiger partial charge in [-0.15, -0.1) is 4.40 Å². The molecule has 1 heterocycles. The molecule has 2 aromatic rings. The molecule has 0 aromatic heterocycles. The van der Waals surface area contributed by atoms with Crippen LogP contribution in [-0.4, -0.2) is 66.6 Å². The van der Waals surface area contributed by atoms with Gasteiger partial charge < -0.3 is 9.84 Å². The Kier molecular flexibility index (Phi) is 9.02. The molecule has 192 valence electrons. The van der Waals surface area contributed by atoms with Crippen molar-refractivity contribution in [2.24, 2.45) is 9.50 Å². The predicted molar refractivity (Wildman–Crippen MR) is 140 cm³/mol. The van der Waals surface area contributed by atoms with Gasteiger partial charge in [-0.1, -0.05) is 74.0 Å². The topological polar surface area (TPSA) is 112 Å². The molecule has 0 bridgehead atoms. The van der Waals surface area contributed by atoms with Crippen LogP contribution >= 0.6 is 11.6 Å². The van der Waals surface area contributed by atoms with Crippen LogP contribution in [0.15, 0.2) is 76.2 Å². The Balaban J connectivity index is 2.13. The third kappa shape index (κ3) is 6.19. The summed E-state index contributed by atoms with van der Waals surface area (Å²) < 4.78 is 37.2. The normalized spacial score (nSPS) is 18.8. The molecular weight excluding hydrogens is 504 g/mol. The van der Waals surface area contributed by atoms with Crippen molar-refractivity contribution >= 4 is 39.3 Å². The second-order valence-electron chi connectivity index (χ2n) is 7.96. The molecule has 9 nitrogen and oxygen atoms in total. The highest BCUT2D eigenvalue weighted by Crippen LogP contribution is 2.37. The van der Waals surface area contributed by atoms with Gasteiger partial charge >= 0.3 is 16.2 Å². The standard InChI is InChI=1S/C25H29ClN4O5S/c1-4-29(5-2)36(33,34)28-19(3)30-18-25(21-10-7-6-8-11-21,35-17-9-12-23(31)32)24(27-30)20-13-15-22(26)16-14-20/h6-16H,4-5,17-18H2,1-3H3,(H,31,32)/b12-9+,28-19+. The zero-order valence-corrected chi connectivity index (χ0v) is 21.9. The molecule has 0 radical (unpaired) electrons. The van der Waals surface area contributed by atoms with Gasteiger partial charge in [0.2, 0.25) is 0 Å². The summed E-state index contributed by atoms with van der Waals surface area (Å²) in [4.78, 5) is 11.0. The number of carbonyl (C=O) groups is 1. The van der Waals surface area contributed by atoms with Crippen molar-refractivity contribution in [1.82, 2.24) is 9.31 Å². The van der Waals surface area contributed by atoms with Gasteiger partial charge in [-0.05, 0) is 24.6 Å². The maximum atomic E-state index is 12.8. The number of benzene rings is 2. The molecule has 1 unspecified atom stereocenters. The number of carboxylic acid groups (broad SMARTS) is 1.